The summed E-state index contributed by atoms with van der Waals surface area (Å²) in [6, 6.07) is 14.7. The molecule has 0 saturated carbocycles. The number of ketones is 1. The third-order valence-corrected chi connectivity index (χ3v) is 7.40. The number of carbonyl (C=O) groups is 2. The number of fused-ring (bicyclic) bond motifs is 1. The Hall–Kier alpha value is -3.82. The SMILES string of the molecule is CCc1cc(C(=O)c2ccccc2Cl)c(-n2c(C)nnc2CNC(=O)c2cc3cc(F)ccc3[nH]2)s1. The number of hydrogen-bond acceptors (Lipinski definition) is 5. The summed E-state index contributed by atoms with van der Waals surface area (Å²) in [7, 11) is 0. The fourth-order valence-electron chi connectivity index (χ4n) is 3.99. The molecule has 2 aromatic carbocycles. The van der Waals surface area contributed by atoms with Gasteiger partial charge in [-0.25, -0.2) is 4.39 Å². The van der Waals surface area contributed by atoms with E-state index in [1.54, 1.807) is 47.9 Å². The lowest BCUT2D eigenvalue weighted by atomic mass is 10.0. The molecule has 10 heteroatoms. The van der Waals surface area contributed by atoms with Gasteiger partial charge in [-0.3, -0.25) is 14.2 Å². The third-order valence-electron chi connectivity index (χ3n) is 5.80. The molecule has 5 aromatic rings. The van der Waals surface area contributed by atoms with Crippen LogP contribution in [-0.4, -0.2) is 31.4 Å². The van der Waals surface area contributed by atoms with Crippen molar-refractivity contribution in [1.29, 1.82) is 0 Å². The third kappa shape index (κ3) is 4.43. The monoisotopic (exact) mass is 521 g/mol. The van der Waals surface area contributed by atoms with E-state index in [2.05, 4.69) is 20.5 Å². The normalized spacial score (nSPS) is 11.2. The Morgan fingerprint density at radius 3 is 2.69 bits per heavy atom. The Morgan fingerprint density at radius 2 is 1.92 bits per heavy atom. The number of aromatic nitrogens is 4. The van der Waals surface area contributed by atoms with Crippen molar-refractivity contribution in [1.82, 2.24) is 25.1 Å². The number of halogens is 2. The molecule has 3 heterocycles. The predicted octanol–water partition coefficient (Wildman–Crippen LogP) is 5.63. The molecule has 0 aliphatic carbocycles. The number of carbonyl (C=O) groups excluding carboxylic acids is 2. The van der Waals surface area contributed by atoms with Crippen LogP contribution in [-0.2, 0) is 13.0 Å². The average molecular weight is 522 g/mol. The highest BCUT2D eigenvalue weighted by Gasteiger charge is 2.24. The summed E-state index contributed by atoms with van der Waals surface area (Å²) < 4.78 is 15.3. The minimum absolute atomic E-state index is 0.0719. The van der Waals surface area contributed by atoms with Gasteiger partial charge in [-0.1, -0.05) is 30.7 Å². The van der Waals surface area contributed by atoms with Crippen LogP contribution in [0.1, 0.15) is 49.9 Å². The number of aromatic amines is 1. The molecule has 0 fully saturated rings. The Kier molecular flexibility index (Phi) is 6.42. The minimum Gasteiger partial charge on any atom is -0.351 e. The fourth-order valence-corrected chi connectivity index (χ4v) is 5.37. The van der Waals surface area contributed by atoms with E-state index in [1.165, 1.54) is 23.5 Å². The predicted molar refractivity (Wildman–Crippen MR) is 138 cm³/mol. The number of amides is 1. The van der Waals surface area contributed by atoms with Crippen molar-refractivity contribution in [2.75, 3.05) is 0 Å². The molecular weight excluding hydrogens is 501 g/mol. The number of hydrogen-bond donors (Lipinski definition) is 2. The Balaban J connectivity index is 1.45. The zero-order valence-electron chi connectivity index (χ0n) is 19.4. The highest BCUT2D eigenvalue weighted by molar-refractivity contribution is 7.15. The van der Waals surface area contributed by atoms with E-state index in [1.807, 2.05) is 13.0 Å². The van der Waals surface area contributed by atoms with Crippen molar-refractivity contribution >= 4 is 45.5 Å². The summed E-state index contributed by atoms with van der Waals surface area (Å²) in [6.45, 7) is 3.88. The molecule has 0 radical (unpaired) electrons. The molecule has 7 nitrogen and oxygen atoms in total. The molecule has 1 amide bonds. The second kappa shape index (κ2) is 9.67. The van der Waals surface area contributed by atoms with Crippen LogP contribution in [0.15, 0.2) is 54.6 Å². The second-order valence-electron chi connectivity index (χ2n) is 8.19. The Labute approximate surface area is 214 Å². The first-order valence-electron chi connectivity index (χ1n) is 11.3. The number of thiophene rings is 1. The standard InChI is InChI=1S/C26H21ClFN5O2S/c1-3-17-12-19(24(34)18-6-4-5-7-20(18)27)26(36-17)33-14(2)31-32-23(33)13-29-25(35)22-11-15-10-16(28)8-9-21(15)30-22/h4-12,30H,3,13H2,1-2H3,(H,29,35). The molecule has 0 spiro atoms. The summed E-state index contributed by atoms with van der Waals surface area (Å²) in [6.07, 6.45) is 0.752. The van der Waals surface area contributed by atoms with Gasteiger partial charge in [0, 0.05) is 21.3 Å². The molecule has 3 aromatic heterocycles. The van der Waals surface area contributed by atoms with Crippen molar-refractivity contribution < 1.29 is 14.0 Å². The first-order valence-corrected chi connectivity index (χ1v) is 12.4. The maximum Gasteiger partial charge on any atom is 0.268 e. The van der Waals surface area contributed by atoms with Gasteiger partial charge in [-0.15, -0.1) is 21.5 Å². The fraction of sp³-hybridized carbons (Fsp3) is 0.154. The van der Waals surface area contributed by atoms with Crippen LogP contribution in [0, 0.1) is 12.7 Å². The highest BCUT2D eigenvalue weighted by atomic mass is 35.5. The van der Waals surface area contributed by atoms with Gasteiger partial charge >= 0.3 is 0 Å². The van der Waals surface area contributed by atoms with E-state index in [9.17, 15) is 14.0 Å². The summed E-state index contributed by atoms with van der Waals surface area (Å²) in [5.41, 5.74) is 1.88. The summed E-state index contributed by atoms with van der Waals surface area (Å²) in [5, 5.41) is 12.9. The first kappa shape index (κ1) is 23.9. The van der Waals surface area contributed by atoms with Crippen LogP contribution in [0.4, 0.5) is 4.39 Å². The van der Waals surface area contributed by atoms with Gasteiger partial charge in [0.15, 0.2) is 11.6 Å². The van der Waals surface area contributed by atoms with Gasteiger partial charge in [0.2, 0.25) is 0 Å². The van der Waals surface area contributed by atoms with E-state index in [0.717, 1.165) is 11.3 Å². The van der Waals surface area contributed by atoms with Crippen molar-refractivity contribution in [2.24, 2.45) is 0 Å². The molecule has 36 heavy (non-hydrogen) atoms. The van der Waals surface area contributed by atoms with Gasteiger partial charge in [0.05, 0.1) is 17.1 Å². The molecule has 0 atom stereocenters. The topological polar surface area (TPSA) is 92.7 Å². The highest BCUT2D eigenvalue weighted by Crippen LogP contribution is 2.32. The van der Waals surface area contributed by atoms with E-state index in [-0.39, 0.29) is 24.1 Å². The quantitative estimate of drug-likeness (QED) is 0.271. The van der Waals surface area contributed by atoms with E-state index < -0.39 is 0 Å². The summed E-state index contributed by atoms with van der Waals surface area (Å²) in [4.78, 5) is 30.3. The molecule has 2 N–H and O–H groups in total. The van der Waals surface area contributed by atoms with Crippen LogP contribution < -0.4 is 5.32 Å². The zero-order valence-corrected chi connectivity index (χ0v) is 21.0. The van der Waals surface area contributed by atoms with Gasteiger partial charge in [0.1, 0.15) is 22.3 Å². The number of benzene rings is 2. The number of rotatable bonds is 7. The zero-order chi connectivity index (χ0) is 25.4. The lowest BCUT2D eigenvalue weighted by molar-refractivity contribution is 0.0944. The summed E-state index contributed by atoms with van der Waals surface area (Å²) >= 11 is 7.78. The van der Waals surface area contributed by atoms with Crippen molar-refractivity contribution in [2.45, 2.75) is 26.8 Å². The Morgan fingerprint density at radius 1 is 1.11 bits per heavy atom. The number of H-pyrrole nitrogens is 1. The molecule has 182 valence electrons. The van der Waals surface area contributed by atoms with Crippen molar-refractivity contribution in [3.63, 3.8) is 0 Å². The molecule has 0 aliphatic rings. The van der Waals surface area contributed by atoms with Crippen LogP contribution >= 0.6 is 22.9 Å². The van der Waals surface area contributed by atoms with Gasteiger partial charge in [-0.05, 0) is 55.8 Å². The lowest BCUT2D eigenvalue weighted by Crippen LogP contribution is -2.25. The van der Waals surface area contributed by atoms with Gasteiger partial charge < -0.3 is 10.3 Å². The van der Waals surface area contributed by atoms with Crippen LogP contribution in [0.5, 0.6) is 0 Å². The van der Waals surface area contributed by atoms with Crippen molar-refractivity contribution in [3.05, 3.63) is 98.8 Å². The van der Waals surface area contributed by atoms with Crippen LogP contribution in [0.2, 0.25) is 5.02 Å². The van der Waals surface area contributed by atoms with E-state index in [4.69, 9.17) is 11.6 Å². The Bertz CT molecular complexity index is 1620. The number of aryl methyl sites for hydroxylation is 2. The number of nitrogens with one attached hydrogen (secondary N) is 2. The van der Waals surface area contributed by atoms with Crippen molar-refractivity contribution in [3.8, 4) is 5.00 Å². The smallest absolute Gasteiger partial charge is 0.268 e. The largest absolute Gasteiger partial charge is 0.351 e. The molecule has 0 bridgehead atoms. The maximum atomic E-state index is 13.5. The summed E-state index contributed by atoms with van der Waals surface area (Å²) in [5.74, 6) is 0.117. The molecule has 0 unspecified atom stereocenters. The maximum absolute atomic E-state index is 13.5. The average Bonchev–Trinajstić information content (AvgIpc) is 3.58. The minimum atomic E-state index is -0.374. The molecule has 0 aliphatic heterocycles. The van der Waals surface area contributed by atoms with E-state index in [0.29, 0.717) is 49.4 Å². The molecular formula is C26H21ClFN5O2S. The van der Waals surface area contributed by atoms with Crippen LogP contribution in [0.3, 0.4) is 0 Å². The first-order chi connectivity index (χ1) is 17.4. The molecule has 5 rings (SSSR count). The lowest BCUT2D eigenvalue weighted by Gasteiger charge is -2.10. The molecule has 0 saturated heterocycles. The number of nitrogens with zero attached hydrogens (tertiary/aromatic N) is 3. The van der Waals surface area contributed by atoms with Gasteiger partial charge in [-0.2, -0.15) is 0 Å². The van der Waals surface area contributed by atoms with Gasteiger partial charge in [0.25, 0.3) is 5.91 Å². The van der Waals surface area contributed by atoms with Crippen LogP contribution in [0.25, 0.3) is 15.9 Å². The van der Waals surface area contributed by atoms with E-state index >= 15 is 0 Å². The second-order valence-corrected chi connectivity index (χ2v) is 9.71.